The second kappa shape index (κ2) is 4.59. The van der Waals surface area contributed by atoms with Gasteiger partial charge in [-0.05, 0) is 18.6 Å². The quantitative estimate of drug-likeness (QED) is 0.802. The highest BCUT2D eigenvalue weighted by Crippen LogP contribution is 2.29. The van der Waals surface area contributed by atoms with E-state index in [1.165, 1.54) is 0 Å². The third-order valence-electron chi connectivity index (χ3n) is 2.54. The maximum atomic E-state index is 13.9. The molecule has 0 bridgehead atoms. The molecule has 0 radical (unpaired) electrons. The van der Waals surface area contributed by atoms with Gasteiger partial charge in [0.15, 0.2) is 11.0 Å². The third kappa shape index (κ3) is 1.98. The van der Waals surface area contributed by atoms with Crippen LogP contribution in [0.25, 0.3) is 11.3 Å². The van der Waals surface area contributed by atoms with E-state index in [1.54, 1.807) is 25.1 Å². The van der Waals surface area contributed by atoms with Gasteiger partial charge in [-0.3, -0.25) is 0 Å². The van der Waals surface area contributed by atoms with E-state index in [4.69, 9.17) is 22.6 Å². The molecular weight excluding hydrogens is 255 g/mol. The van der Waals surface area contributed by atoms with Crippen LogP contribution in [-0.4, -0.2) is 9.97 Å². The van der Waals surface area contributed by atoms with Crippen LogP contribution < -0.4 is 5.73 Å². The van der Waals surface area contributed by atoms with E-state index >= 15 is 0 Å². The number of aromatic nitrogens is 2. The molecule has 0 amide bonds. The summed E-state index contributed by atoms with van der Waals surface area (Å²) in [6.07, 6.45) is 0. The normalized spacial score (nSPS) is 10.1. The minimum Gasteiger partial charge on any atom is -0.368 e. The van der Waals surface area contributed by atoms with Crippen molar-refractivity contribution in [2.75, 3.05) is 5.73 Å². The first-order valence-corrected chi connectivity index (χ1v) is 5.41. The van der Waals surface area contributed by atoms with Crippen molar-refractivity contribution in [2.45, 2.75) is 6.92 Å². The zero-order valence-electron chi connectivity index (χ0n) is 9.41. The summed E-state index contributed by atoms with van der Waals surface area (Å²) in [5, 5.41) is 8.61. The van der Waals surface area contributed by atoms with Crippen LogP contribution in [0.4, 0.5) is 10.3 Å². The Kier molecular flexibility index (Phi) is 3.13. The van der Waals surface area contributed by atoms with E-state index in [1.807, 2.05) is 6.07 Å². The SMILES string of the molecule is Cc1c(C#N)cccc1-c1nc(N)nc(Cl)c1F. The molecule has 6 heteroatoms. The van der Waals surface area contributed by atoms with Crippen LogP contribution >= 0.6 is 11.6 Å². The highest BCUT2D eigenvalue weighted by molar-refractivity contribution is 6.29. The van der Waals surface area contributed by atoms with Gasteiger partial charge in [0.25, 0.3) is 0 Å². The summed E-state index contributed by atoms with van der Waals surface area (Å²) in [7, 11) is 0. The maximum Gasteiger partial charge on any atom is 0.222 e. The van der Waals surface area contributed by atoms with E-state index in [0.29, 0.717) is 16.7 Å². The van der Waals surface area contributed by atoms with Gasteiger partial charge in [0.2, 0.25) is 5.95 Å². The van der Waals surface area contributed by atoms with Crippen LogP contribution in [0.5, 0.6) is 0 Å². The van der Waals surface area contributed by atoms with Crippen molar-refractivity contribution in [3.63, 3.8) is 0 Å². The second-order valence-electron chi connectivity index (χ2n) is 3.63. The van der Waals surface area contributed by atoms with Gasteiger partial charge in [0.1, 0.15) is 5.69 Å². The molecule has 2 rings (SSSR count). The van der Waals surface area contributed by atoms with Crippen LogP contribution in [0.2, 0.25) is 5.15 Å². The molecule has 0 spiro atoms. The molecule has 0 aliphatic carbocycles. The van der Waals surface area contributed by atoms with Gasteiger partial charge in [0, 0.05) is 5.56 Å². The van der Waals surface area contributed by atoms with E-state index < -0.39 is 5.82 Å². The highest BCUT2D eigenvalue weighted by Gasteiger charge is 2.16. The summed E-state index contributed by atoms with van der Waals surface area (Å²) < 4.78 is 13.9. The molecule has 90 valence electrons. The first-order chi connectivity index (χ1) is 8.54. The Balaban J connectivity index is 2.74. The molecule has 1 aromatic carbocycles. The van der Waals surface area contributed by atoms with Crippen molar-refractivity contribution >= 4 is 17.5 Å². The summed E-state index contributed by atoms with van der Waals surface area (Å²) in [5.41, 5.74) is 6.99. The molecule has 0 unspecified atom stereocenters. The molecule has 1 aromatic heterocycles. The van der Waals surface area contributed by atoms with Gasteiger partial charge >= 0.3 is 0 Å². The number of benzene rings is 1. The molecular formula is C12H8ClFN4. The fourth-order valence-corrected chi connectivity index (χ4v) is 1.80. The van der Waals surface area contributed by atoms with Crippen LogP contribution in [0, 0.1) is 24.1 Å². The molecule has 1 heterocycles. The summed E-state index contributed by atoms with van der Waals surface area (Å²) >= 11 is 5.62. The number of halogens is 2. The van der Waals surface area contributed by atoms with Crippen LogP contribution in [-0.2, 0) is 0 Å². The molecule has 0 atom stereocenters. The summed E-state index contributed by atoms with van der Waals surface area (Å²) in [6, 6.07) is 6.96. The molecule has 0 aliphatic heterocycles. The Morgan fingerprint density at radius 3 is 2.78 bits per heavy atom. The Morgan fingerprint density at radius 1 is 1.39 bits per heavy atom. The lowest BCUT2D eigenvalue weighted by molar-refractivity contribution is 0.619. The Labute approximate surface area is 108 Å². The van der Waals surface area contributed by atoms with Crippen LogP contribution in [0.15, 0.2) is 18.2 Å². The number of anilines is 1. The molecule has 0 fully saturated rings. The van der Waals surface area contributed by atoms with E-state index in [9.17, 15) is 4.39 Å². The minimum atomic E-state index is -0.746. The van der Waals surface area contributed by atoms with E-state index in [2.05, 4.69) is 9.97 Å². The Bertz CT molecular complexity index is 664. The summed E-state index contributed by atoms with van der Waals surface area (Å²) in [4.78, 5) is 7.36. The zero-order valence-corrected chi connectivity index (χ0v) is 10.2. The first kappa shape index (κ1) is 12.3. The molecule has 4 nitrogen and oxygen atoms in total. The van der Waals surface area contributed by atoms with Crippen molar-refractivity contribution in [1.29, 1.82) is 5.26 Å². The topological polar surface area (TPSA) is 75.6 Å². The predicted molar refractivity (Wildman–Crippen MR) is 66.3 cm³/mol. The lowest BCUT2D eigenvalue weighted by Crippen LogP contribution is -2.02. The largest absolute Gasteiger partial charge is 0.368 e. The van der Waals surface area contributed by atoms with Gasteiger partial charge in [-0.2, -0.15) is 10.2 Å². The molecule has 0 saturated heterocycles. The van der Waals surface area contributed by atoms with Crippen molar-refractivity contribution in [1.82, 2.24) is 9.97 Å². The highest BCUT2D eigenvalue weighted by atomic mass is 35.5. The smallest absolute Gasteiger partial charge is 0.222 e. The zero-order chi connectivity index (χ0) is 13.3. The monoisotopic (exact) mass is 262 g/mol. The number of nitrogens with zero attached hydrogens (tertiary/aromatic N) is 3. The number of nitriles is 1. The standard InChI is InChI=1S/C12H8ClFN4/c1-6-7(5-15)3-2-4-8(6)10-9(14)11(13)18-12(16)17-10/h2-4H,1H3,(H2,16,17,18). The lowest BCUT2D eigenvalue weighted by atomic mass is 10.0. The van der Waals surface area contributed by atoms with Crippen molar-refractivity contribution in [3.05, 3.63) is 40.3 Å². The lowest BCUT2D eigenvalue weighted by Gasteiger charge is -2.08. The molecule has 18 heavy (non-hydrogen) atoms. The number of nitrogen functional groups attached to an aromatic ring is 1. The molecule has 0 saturated carbocycles. The third-order valence-corrected chi connectivity index (χ3v) is 2.79. The average Bonchev–Trinajstić information content (AvgIpc) is 2.34. The van der Waals surface area contributed by atoms with Crippen molar-refractivity contribution in [3.8, 4) is 17.3 Å². The first-order valence-electron chi connectivity index (χ1n) is 5.03. The fraction of sp³-hybridized carbons (Fsp3) is 0.0833. The van der Waals surface area contributed by atoms with Gasteiger partial charge in [-0.1, -0.05) is 23.7 Å². The van der Waals surface area contributed by atoms with Crippen LogP contribution in [0.3, 0.4) is 0 Å². The Hall–Kier alpha value is -2.19. The second-order valence-corrected chi connectivity index (χ2v) is 3.98. The number of hydrogen-bond donors (Lipinski definition) is 1. The molecule has 0 aliphatic rings. The van der Waals surface area contributed by atoms with E-state index in [0.717, 1.165) is 0 Å². The summed E-state index contributed by atoms with van der Waals surface area (Å²) in [5.74, 6) is -0.859. The van der Waals surface area contributed by atoms with Gasteiger partial charge in [0.05, 0.1) is 11.6 Å². The van der Waals surface area contributed by atoms with Gasteiger partial charge in [-0.15, -0.1) is 0 Å². The van der Waals surface area contributed by atoms with Crippen LogP contribution in [0.1, 0.15) is 11.1 Å². The molecule has 2 N–H and O–H groups in total. The Morgan fingerprint density at radius 2 is 2.11 bits per heavy atom. The van der Waals surface area contributed by atoms with Gasteiger partial charge in [-0.25, -0.2) is 9.37 Å². The number of hydrogen-bond acceptors (Lipinski definition) is 4. The van der Waals surface area contributed by atoms with Crippen molar-refractivity contribution in [2.24, 2.45) is 0 Å². The number of nitrogens with two attached hydrogens (primary N) is 1. The fourth-order valence-electron chi connectivity index (χ4n) is 1.63. The van der Waals surface area contributed by atoms with Gasteiger partial charge < -0.3 is 5.73 Å². The number of rotatable bonds is 1. The summed E-state index contributed by atoms with van der Waals surface area (Å²) in [6.45, 7) is 1.71. The maximum absolute atomic E-state index is 13.9. The van der Waals surface area contributed by atoms with E-state index in [-0.39, 0.29) is 16.8 Å². The average molecular weight is 263 g/mol. The molecule has 2 aromatic rings. The minimum absolute atomic E-state index is 0.00194. The predicted octanol–water partition coefficient (Wildman–Crippen LogP) is 2.70. The van der Waals surface area contributed by atoms with Crippen molar-refractivity contribution < 1.29 is 4.39 Å².